The topological polar surface area (TPSA) is 72.2 Å². The zero-order valence-corrected chi connectivity index (χ0v) is 13.1. The van der Waals surface area contributed by atoms with E-state index in [1.54, 1.807) is 42.5 Å². The summed E-state index contributed by atoms with van der Waals surface area (Å²) in [5.41, 5.74) is 6.90. The lowest BCUT2D eigenvalue weighted by Crippen LogP contribution is -2.14. The van der Waals surface area contributed by atoms with Gasteiger partial charge in [0.05, 0.1) is 0 Å². The van der Waals surface area contributed by atoms with Crippen molar-refractivity contribution in [3.05, 3.63) is 63.6 Å². The van der Waals surface area contributed by atoms with E-state index in [-0.39, 0.29) is 12.3 Å². The van der Waals surface area contributed by atoms with E-state index >= 15 is 0 Å². The summed E-state index contributed by atoms with van der Waals surface area (Å²) in [6.45, 7) is 0. The van der Waals surface area contributed by atoms with Gasteiger partial charge in [-0.3, -0.25) is 9.59 Å². The summed E-state index contributed by atoms with van der Waals surface area (Å²) in [6.07, 6.45) is 0.699. The first-order valence-electron chi connectivity index (χ1n) is 6.60. The number of carbonyl (C=O) groups is 2. The lowest BCUT2D eigenvalue weighted by Gasteiger charge is -2.08. The van der Waals surface area contributed by atoms with E-state index < -0.39 is 5.91 Å². The average Bonchev–Trinajstić information content (AvgIpc) is 2.47. The van der Waals surface area contributed by atoms with Gasteiger partial charge in [0, 0.05) is 27.7 Å². The van der Waals surface area contributed by atoms with Gasteiger partial charge < -0.3 is 11.1 Å². The van der Waals surface area contributed by atoms with Gasteiger partial charge in [-0.15, -0.1) is 0 Å². The molecule has 0 bridgehead atoms. The number of amides is 2. The van der Waals surface area contributed by atoms with Crippen LogP contribution in [0.15, 0.2) is 42.5 Å². The first-order chi connectivity index (χ1) is 10.5. The number of halogens is 2. The SMILES string of the molecule is NC(=O)c1ccc(NC(=O)CCc2c(Cl)cccc2Cl)cc1. The highest BCUT2D eigenvalue weighted by Gasteiger charge is 2.09. The van der Waals surface area contributed by atoms with Crippen LogP contribution < -0.4 is 11.1 Å². The summed E-state index contributed by atoms with van der Waals surface area (Å²) in [5.74, 6) is -0.672. The van der Waals surface area contributed by atoms with Crippen LogP contribution in [0.4, 0.5) is 5.69 Å². The van der Waals surface area contributed by atoms with E-state index in [1.807, 2.05) is 0 Å². The largest absolute Gasteiger partial charge is 0.366 e. The molecule has 0 spiro atoms. The van der Waals surface area contributed by atoms with Gasteiger partial charge in [-0.05, 0) is 48.4 Å². The number of anilines is 1. The van der Waals surface area contributed by atoms with E-state index in [9.17, 15) is 9.59 Å². The summed E-state index contributed by atoms with van der Waals surface area (Å²) in [4.78, 5) is 22.9. The van der Waals surface area contributed by atoms with Crippen LogP contribution in [-0.4, -0.2) is 11.8 Å². The van der Waals surface area contributed by atoms with Gasteiger partial charge in [-0.25, -0.2) is 0 Å². The van der Waals surface area contributed by atoms with Crippen molar-refractivity contribution in [3.63, 3.8) is 0 Å². The lowest BCUT2D eigenvalue weighted by molar-refractivity contribution is -0.116. The lowest BCUT2D eigenvalue weighted by atomic mass is 10.1. The predicted octanol–water partition coefficient (Wildman–Crippen LogP) is 3.66. The molecule has 0 aromatic heterocycles. The second kappa shape index (κ2) is 7.29. The Kier molecular flexibility index (Phi) is 5.41. The zero-order chi connectivity index (χ0) is 16.1. The van der Waals surface area contributed by atoms with E-state index in [4.69, 9.17) is 28.9 Å². The summed E-state index contributed by atoms with van der Waals surface area (Å²) in [7, 11) is 0. The number of nitrogens with one attached hydrogen (secondary N) is 1. The fourth-order valence-electron chi connectivity index (χ4n) is 1.95. The van der Waals surface area contributed by atoms with Gasteiger partial charge in [0.25, 0.3) is 0 Å². The van der Waals surface area contributed by atoms with Crippen LogP contribution >= 0.6 is 23.2 Å². The predicted molar refractivity (Wildman–Crippen MR) is 88.4 cm³/mol. The molecule has 2 rings (SSSR count). The summed E-state index contributed by atoms with van der Waals surface area (Å²) in [6, 6.07) is 11.6. The standard InChI is InChI=1S/C16H14Cl2N2O2/c17-13-2-1-3-14(18)12(13)8-9-15(21)20-11-6-4-10(5-7-11)16(19)22/h1-7H,8-9H2,(H2,19,22)(H,20,21). The van der Waals surface area contributed by atoms with Crippen LogP contribution in [0, 0.1) is 0 Å². The molecule has 2 aromatic rings. The third-order valence-corrected chi connectivity index (χ3v) is 3.83. The molecule has 0 radical (unpaired) electrons. The highest BCUT2D eigenvalue weighted by molar-refractivity contribution is 6.36. The van der Waals surface area contributed by atoms with Gasteiger partial charge >= 0.3 is 0 Å². The molecular formula is C16H14Cl2N2O2. The third kappa shape index (κ3) is 4.23. The maximum atomic E-state index is 11.9. The smallest absolute Gasteiger partial charge is 0.248 e. The molecule has 0 atom stereocenters. The Hall–Kier alpha value is -2.04. The Morgan fingerprint density at radius 2 is 1.59 bits per heavy atom. The van der Waals surface area contributed by atoms with Gasteiger partial charge in [0.15, 0.2) is 0 Å². The van der Waals surface area contributed by atoms with Crippen LogP contribution in [0.2, 0.25) is 10.0 Å². The Bertz CT molecular complexity index is 680. The van der Waals surface area contributed by atoms with Crippen molar-refractivity contribution < 1.29 is 9.59 Å². The van der Waals surface area contributed by atoms with Crippen molar-refractivity contribution >= 4 is 40.7 Å². The molecule has 0 heterocycles. The fraction of sp³-hybridized carbons (Fsp3) is 0.125. The molecule has 114 valence electrons. The van der Waals surface area contributed by atoms with Crippen molar-refractivity contribution in [2.24, 2.45) is 5.73 Å². The second-order valence-corrected chi connectivity index (χ2v) is 5.50. The maximum absolute atomic E-state index is 11.9. The van der Waals surface area contributed by atoms with Crippen LogP contribution in [0.3, 0.4) is 0 Å². The molecule has 6 heteroatoms. The van der Waals surface area contributed by atoms with Gasteiger partial charge in [0.1, 0.15) is 0 Å². The van der Waals surface area contributed by atoms with Gasteiger partial charge in [-0.2, -0.15) is 0 Å². The fourth-order valence-corrected chi connectivity index (χ4v) is 2.54. The van der Waals surface area contributed by atoms with Crippen molar-refractivity contribution in [3.8, 4) is 0 Å². The van der Waals surface area contributed by atoms with E-state index in [1.165, 1.54) is 0 Å². The summed E-state index contributed by atoms with van der Waals surface area (Å²) < 4.78 is 0. The molecule has 22 heavy (non-hydrogen) atoms. The first-order valence-corrected chi connectivity index (χ1v) is 7.35. The Labute approximate surface area is 138 Å². The Morgan fingerprint density at radius 1 is 1.00 bits per heavy atom. The molecule has 0 aliphatic heterocycles. The van der Waals surface area contributed by atoms with Crippen molar-refractivity contribution in [2.75, 3.05) is 5.32 Å². The van der Waals surface area contributed by atoms with E-state index in [0.717, 1.165) is 5.56 Å². The molecule has 0 aliphatic rings. The number of carbonyl (C=O) groups excluding carboxylic acids is 2. The van der Waals surface area contributed by atoms with Gasteiger partial charge in [0.2, 0.25) is 11.8 Å². The Morgan fingerprint density at radius 3 is 2.14 bits per heavy atom. The van der Waals surface area contributed by atoms with Crippen LogP contribution in [0.1, 0.15) is 22.3 Å². The molecular weight excluding hydrogens is 323 g/mol. The van der Waals surface area contributed by atoms with Gasteiger partial charge in [-0.1, -0.05) is 29.3 Å². The van der Waals surface area contributed by atoms with E-state index in [0.29, 0.717) is 27.7 Å². The second-order valence-electron chi connectivity index (χ2n) is 4.69. The highest BCUT2D eigenvalue weighted by atomic mass is 35.5. The molecule has 2 aromatic carbocycles. The number of hydrogen-bond acceptors (Lipinski definition) is 2. The quantitative estimate of drug-likeness (QED) is 0.874. The highest BCUT2D eigenvalue weighted by Crippen LogP contribution is 2.25. The monoisotopic (exact) mass is 336 g/mol. The molecule has 0 saturated heterocycles. The molecule has 0 saturated carbocycles. The average molecular weight is 337 g/mol. The summed E-state index contributed by atoms with van der Waals surface area (Å²) >= 11 is 12.1. The number of hydrogen-bond donors (Lipinski definition) is 2. The molecule has 4 nitrogen and oxygen atoms in total. The minimum Gasteiger partial charge on any atom is -0.366 e. The number of rotatable bonds is 5. The summed E-state index contributed by atoms with van der Waals surface area (Å²) in [5, 5.41) is 3.83. The van der Waals surface area contributed by atoms with Crippen molar-refractivity contribution in [1.29, 1.82) is 0 Å². The maximum Gasteiger partial charge on any atom is 0.248 e. The Balaban J connectivity index is 1.94. The number of benzene rings is 2. The molecule has 0 fully saturated rings. The van der Waals surface area contributed by atoms with Crippen LogP contribution in [-0.2, 0) is 11.2 Å². The molecule has 2 amide bonds. The third-order valence-electron chi connectivity index (χ3n) is 3.12. The van der Waals surface area contributed by atoms with E-state index in [2.05, 4.69) is 5.32 Å². The molecule has 3 N–H and O–H groups in total. The molecule has 0 unspecified atom stereocenters. The normalized spacial score (nSPS) is 10.3. The number of nitrogens with two attached hydrogens (primary N) is 1. The zero-order valence-electron chi connectivity index (χ0n) is 11.6. The van der Waals surface area contributed by atoms with Crippen molar-refractivity contribution in [2.45, 2.75) is 12.8 Å². The minimum absolute atomic E-state index is 0.164. The van der Waals surface area contributed by atoms with Crippen molar-refractivity contribution in [1.82, 2.24) is 0 Å². The minimum atomic E-state index is -0.508. The van der Waals surface area contributed by atoms with Crippen LogP contribution in [0.5, 0.6) is 0 Å². The molecule has 0 aliphatic carbocycles. The number of primary amides is 1. The van der Waals surface area contributed by atoms with Crippen LogP contribution in [0.25, 0.3) is 0 Å². The first kappa shape index (κ1) is 16.3.